The van der Waals surface area contributed by atoms with E-state index in [1.165, 1.54) is 5.56 Å². The summed E-state index contributed by atoms with van der Waals surface area (Å²) in [6.45, 7) is 2.85. The summed E-state index contributed by atoms with van der Waals surface area (Å²) in [6, 6.07) is 25.9. The molecule has 1 atom stereocenters. The molecule has 6 heteroatoms. The molecule has 6 nitrogen and oxygen atoms in total. The summed E-state index contributed by atoms with van der Waals surface area (Å²) in [4.78, 5) is 18.1. The first-order chi connectivity index (χ1) is 16.5. The standard InChI is InChI=1S/C28H31N3O3/c1-21(32)12-13-22-14-16-25(17-15-22)34-20-24(33)19-31-27-11-7-6-10-26(27)29-28(31)30(2)18-23-8-4-3-5-9-23/h3-11,14-17,24,33H,12-13,18-20H2,1-2H3/t24-/m0/s1. The Bertz CT molecular complexity index is 1220. The lowest BCUT2D eigenvalue weighted by Crippen LogP contribution is -2.27. The number of aliphatic hydroxyl groups excluding tert-OH is 1. The molecule has 1 heterocycles. The molecule has 0 spiro atoms. The topological polar surface area (TPSA) is 67.6 Å². The summed E-state index contributed by atoms with van der Waals surface area (Å²) >= 11 is 0. The van der Waals surface area contributed by atoms with Crippen LogP contribution in [0.5, 0.6) is 5.75 Å². The van der Waals surface area contributed by atoms with Gasteiger partial charge in [-0.05, 0) is 48.7 Å². The smallest absolute Gasteiger partial charge is 0.206 e. The number of carbonyl (C=O) groups is 1. The fraction of sp³-hybridized carbons (Fsp3) is 0.286. The Balaban J connectivity index is 1.43. The van der Waals surface area contributed by atoms with E-state index in [2.05, 4.69) is 21.6 Å². The second-order valence-electron chi connectivity index (χ2n) is 8.66. The SMILES string of the molecule is CC(=O)CCc1ccc(OC[C@@H](O)Cn2c(N(C)Cc3ccccc3)nc3ccccc32)cc1. The van der Waals surface area contributed by atoms with Crippen LogP contribution in [0.15, 0.2) is 78.9 Å². The van der Waals surface area contributed by atoms with Gasteiger partial charge in [0.05, 0.1) is 17.6 Å². The normalized spacial score (nSPS) is 12.0. The molecule has 0 amide bonds. The van der Waals surface area contributed by atoms with Crippen molar-refractivity contribution in [1.29, 1.82) is 0 Å². The molecule has 0 saturated heterocycles. The van der Waals surface area contributed by atoms with Crippen LogP contribution in [0.3, 0.4) is 0 Å². The summed E-state index contributed by atoms with van der Waals surface area (Å²) in [6.07, 6.45) is 0.559. The Hall–Kier alpha value is -3.64. The molecule has 1 N–H and O–H groups in total. The van der Waals surface area contributed by atoms with E-state index in [0.717, 1.165) is 29.0 Å². The molecule has 3 aromatic carbocycles. The number of para-hydroxylation sites is 2. The van der Waals surface area contributed by atoms with Crippen molar-refractivity contribution < 1.29 is 14.6 Å². The molecule has 0 bridgehead atoms. The zero-order chi connectivity index (χ0) is 23.9. The molecule has 0 unspecified atom stereocenters. The quantitative estimate of drug-likeness (QED) is 0.356. The van der Waals surface area contributed by atoms with Gasteiger partial charge in [0.2, 0.25) is 5.95 Å². The summed E-state index contributed by atoms with van der Waals surface area (Å²) < 4.78 is 7.89. The van der Waals surface area contributed by atoms with Gasteiger partial charge in [-0.2, -0.15) is 0 Å². The Kier molecular flexibility index (Phi) is 7.60. The van der Waals surface area contributed by atoms with Crippen LogP contribution in [-0.2, 0) is 24.3 Å². The first kappa shape index (κ1) is 23.5. The minimum Gasteiger partial charge on any atom is -0.491 e. The van der Waals surface area contributed by atoms with Crippen molar-refractivity contribution in [2.24, 2.45) is 0 Å². The van der Waals surface area contributed by atoms with Gasteiger partial charge in [-0.25, -0.2) is 4.98 Å². The fourth-order valence-electron chi connectivity index (χ4n) is 3.99. The van der Waals surface area contributed by atoms with Gasteiger partial charge in [0.25, 0.3) is 0 Å². The number of hydrogen-bond donors (Lipinski definition) is 1. The van der Waals surface area contributed by atoms with Crippen LogP contribution in [0.2, 0.25) is 0 Å². The van der Waals surface area contributed by atoms with Crippen LogP contribution in [0.25, 0.3) is 11.0 Å². The van der Waals surface area contributed by atoms with E-state index in [4.69, 9.17) is 9.72 Å². The zero-order valence-electron chi connectivity index (χ0n) is 19.7. The molecule has 0 radical (unpaired) electrons. The average molecular weight is 458 g/mol. The highest BCUT2D eigenvalue weighted by Crippen LogP contribution is 2.24. The number of anilines is 1. The third-order valence-corrected chi connectivity index (χ3v) is 5.76. The number of ether oxygens (including phenoxy) is 1. The molecule has 4 aromatic rings. The Morgan fingerprint density at radius 2 is 1.71 bits per heavy atom. The van der Waals surface area contributed by atoms with Gasteiger partial charge in [-0.1, -0.05) is 54.6 Å². The van der Waals surface area contributed by atoms with E-state index >= 15 is 0 Å². The molecule has 4 rings (SSSR count). The second kappa shape index (κ2) is 11.0. The van der Waals surface area contributed by atoms with Gasteiger partial charge in [0, 0.05) is 20.0 Å². The molecule has 0 aliphatic rings. The first-order valence-corrected chi connectivity index (χ1v) is 11.6. The number of rotatable bonds is 11. The predicted octanol–water partition coefficient (Wildman–Crippen LogP) is 4.63. The van der Waals surface area contributed by atoms with Crippen molar-refractivity contribution in [3.05, 3.63) is 90.0 Å². The van der Waals surface area contributed by atoms with E-state index in [1.807, 2.05) is 73.8 Å². The van der Waals surface area contributed by atoms with E-state index in [9.17, 15) is 9.90 Å². The van der Waals surface area contributed by atoms with Crippen molar-refractivity contribution in [2.45, 2.75) is 39.0 Å². The maximum absolute atomic E-state index is 11.2. The minimum atomic E-state index is -0.709. The lowest BCUT2D eigenvalue weighted by molar-refractivity contribution is -0.116. The highest BCUT2D eigenvalue weighted by atomic mass is 16.5. The van der Waals surface area contributed by atoms with Gasteiger partial charge in [0.1, 0.15) is 24.2 Å². The first-order valence-electron chi connectivity index (χ1n) is 11.6. The molecular weight excluding hydrogens is 426 g/mol. The van der Waals surface area contributed by atoms with Crippen LogP contribution in [-0.4, -0.2) is 40.2 Å². The summed E-state index contributed by atoms with van der Waals surface area (Å²) in [5.41, 5.74) is 4.16. The van der Waals surface area contributed by atoms with Crippen molar-refractivity contribution in [3.63, 3.8) is 0 Å². The number of imidazole rings is 1. The fourth-order valence-corrected chi connectivity index (χ4v) is 3.99. The number of fused-ring (bicyclic) bond motifs is 1. The van der Waals surface area contributed by atoms with Gasteiger partial charge < -0.3 is 24.1 Å². The second-order valence-corrected chi connectivity index (χ2v) is 8.66. The van der Waals surface area contributed by atoms with Gasteiger partial charge >= 0.3 is 0 Å². The van der Waals surface area contributed by atoms with Crippen LogP contribution >= 0.6 is 0 Å². The zero-order valence-corrected chi connectivity index (χ0v) is 19.7. The Morgan fingerprint density at radius 3 is 2.44 bits per heavy atom. The number of hydrogen-bond acceptors (Lipinski definition) is 5. The third kappa shape index (κ3) is 6.02. The number of nitrogens with zero attached hydrogens (tertiary/aromatic N) is 3. The monoisotopic (exact) mass is 457 g/mol. The van der Waals surface area contributed by atoms with E-state index in [1.54, 1.807) is 6.92 Å². The van der Waals surface area contributed by atoms with Crippen LogP contribution in [0, 0.1) is 0 Å². The molecule has 1 aromatic heterocycles. The van der Waals surface area contributed by atoms with Gasteiger partial charge in [0.15, 0.2) is 0 Å². The van der Waals surface area contributed by atoms with Crippen LogP contribution in [0.4, 0.5) is 5.95 Å². The lowest BCUT2D eigenvalue weighted by Gasteiger charge is -2.22. The van der Waals surface area contributed by atoms with Gasteiger partial charge in [-0.15, -0.1) is 0 Å². The molecule has 0 fully saturated rings. The predicted molar refractivity (Wildman–Crippen MR) is 135 cm³/mol. The number of aliphatic hydroxyl groups is 1. The molecule has 0 aliphatic carbocycles. The van der Waals surface area contributed by atoms with Crippen molar-refractivity contribution in [2.75, 3.05) is 18.6 Å². The van der Waals surface area contributed by atoms with E-state index in [-0.39, 0.29) is 12.4 Å². The van der Waals surface area contributed by atoms with E-state index < -0.39 is 6.10 Å². The Morgan fingerprint density at radius 1 is 1.00 bits per heavy atom. The van der Waals surface area contributed by atoms with Crippen LogP contribution < -0.4 is 9.64 Å². The number of aryl methyl sites for hydroxylation is 1. The highest BCUT2D eigenvalue weighted by molar-refractivity contribution is 5.78. The Labute approximate surface area is 200 Å². The van der Waals surface area contributed by atoms with Crippen molar-refractivity contribution in [3.8, 4) is 5.75 Å². The van der Waals surface area contributed by atoms with Crippen molar-refractivity contribution in [1.82, 2.24) is 9.55 Å². The molecule has 0 aliphatic heterocycles. The number of ketones is 1. The average Bonchev–Trinajstić information content (AvgIpc) is 3.21. The number of aromatic nitrogens is 2. The summed E-state index contributed by atoms with van der Waals surface area (Å²) in [5.74, 6) is 1.69. The molecule has 0 saturated carbocycles. The lowest BCUT2D eigenvalue weighted by atomic mass is 10.1. The third-order valence-electron chi connectivity index (χ3n) is 5.76. The van der Waals surface area contributed by atoms with Gasteiger partial charge in [-0.3, -0.25) is 0 Å². The number of benzene rings is 3. The van der Waals surface area contributed by atoms with E-state index in [0.29, 0.717) is 25.3 Å². The largest absolute Gasteiger partial charge is 0.491 e. The molecule has 176 valence electrons. The minimum absolute atomic E-state index is 0.168. The number of Topliss-reactive ketones (excluding diaryl/α,β-unsaturated/α-hetero) is 1. The maximum atomic E-state index is 11.2. The molecular formula is C28H31N3O3. The summed E-state index contributed by atoms with van der Waals surface area (Å²) in [5, 5.41) is 10.8. The highest BCUT2D eigenvalue weighted by Gasteiger charge is 2.18. The number of carbonyl (C=O) groups excluding carboxylic acids is 1. The maximum Gasteiger partial charge on any atom is 0.206 e. The van der Waals surface area contributed by atoms with Crippen molar-refractivity contribution >= 4 is 22.8 Å². The summed E-state index contributed by atoms with van der Waals surface area (Å²) in [7, 11) is 2.02. The molecule has 34 heavy (non-hydrogen) atoms. The van der Waals surface area contributed by atoms with Crippen LogP contribution in [0.1, 0.15) is 24.5 Å².